The number of hydrogen-bond donors (Lipinski definition) is 0. The van der Waals surface area contributed by atoms with Crippen LogP contribution in [-0.2, 0) is 9.53 Å². The van der Waals surface area contributed by atoms with Gasteiger partial charge in [-0.2, -0.15) is 5.26 Å². The van der Waals surface area contributed by atoms with Gasteiger partial charge in [0, 0.05) is 12.1 Å². The highest BCUT2D eigenvalue weighted by Crippen LogP contribution is 2.31. The number of esters is 1. The Hall–Kier alpha value is -3.40. The molecule has 0 N–H and O–H groups in total. The summed E-state index contributed by atoms with van der Waals surface area (Å²) in [4.78, 5) is 21.8. The first-order valence-electron chi connectivity index (χ1n) is 6.10. The van der Waals surface area contributed by atoms with Gasteiger partial charge in [-0.25, -0.2) is 4.79 Å². The van der Waals surface area contributed by atoms with E-state index in [4.69, 9.17) is 9.68 Å². The van der Waals surface area contributed by atoms with Crippen LogP contribution in [0.3, 0.4) is 0 Å². The van der Waals surface area contributed by atoms with Crippen molar-refractivity contribution in [2.45, 2.75) is 0 Å². The second kappa shape index (κ2) is 6.37. The van der Waals surface area contributed by atoms with Gasteiger partial charge in [0.1, 0.15) is 23.2 Å². The molecule has 0 aliphatic heterocycles. The predicted octanol–water partition coefficient (Wildman–Crippen LogP) is 2.93. The summed E-state index contributed by atoms with van der Waals surface area (Å²) in [6.07, 6.45) is 1.21. The molecule has 0 aliphatic carbocycles. The molecular formula is C15H10N2O5. The van der Waals surface area contributed by atoms with Crippen molar-refractivity contribution in [3.63, 3.8) is 0 Å². The van der Waals surface area contributed by atoms with Crippen molar-refractivity contribution < 1.29 is 18.9 Å². The molecule has 0 unspecified atom stereocenters. The largest absolute Gasteiger partial charge is 0.465 e. The Morgan fingerprint density at radius 2 is 2.09 bits per heavy atom. The molecule has 22 heavy (non-hydrogen) atoms. The molecule has 1 aromatic heterocycles. The molecule has 1 heterocycles. The van der Waals surface area contributed by atoms with E-state index in [9.17, 15) is 14.9 Å². The highest BCUT2D eigenvalue weighted by molar-refractivity contribution is 5.97. The monoisotopic (exact) mass is 298 g/mol. The normalized spacial score (nSPS) is 10.8. The molecule has 0 radical (unpaired) electrons. The van der Waals surface area contributed by atoms with Crippen molar-refractivity contribution in [3.8, 4) is 17.4 Å². The van der Waals surface area contributed by atoms with Crippen LogP contribution in [0.25, 0.3) is 17.4 Å². The summed E-state index contributed by atoms with van der Waals surface area (Å²) in [5, 5.41) is 19.9. The van der Waals surface area contributed by atoms with Crippen LogP contribution in [0.4, 0.5) is 5.69 Å². The van der Waals surface area contributed by atoms with Crippen LogP contribution in [0.15, 0.2) is 46.4 Å². The number of methoxy groups -OCH3 is 1. The third kappa shape index (κ3) is 3.02. The Bertz CT molecular complexity index is 798. The Kier molecular flexibility index (Phi) is 4.34. The van der Waals surface area contributed by atoms with E-state index in [1.807, 2.05) is 0 Å². The van der Waals surface area contributed by atoms with E-state index >= 15 is 0 Å². The van der Waals surface area contributed by atoms with Crippen molar-refractivity contribution in [2.75, 3.05) is 7.11 Å². The van der Waals surface area contributed by atoms with Gasteiger partial charge < -0.3 is 9.15 Å². The van der Waals surface area contributed by atoms with Gasteiger partial charge in [0.05, 0.1) is 17.6 Å². The number of ether oxygens (including phenoxy) is 1. The highest BCUT2D eigenvalue weighted by Gasteiger charge is 2.17. The van der Waals surface area contributed by atoms with Gasteiger partial charge in [0.25, 0.3) is 5.69 Å². The fourth-order valence-electron chi connectivity index (χ4n) is 1.81. The molecule has 0 bridgehead atoms. The standard InChI is InChI=1S/C15H10N2O5/c1-21-15(18)10(9-16)8-11-6-7-14(22-11)12-4-2-3-5-13(12)17(19)20/h2-8H,1H3/b10-8+. The van der Waals surface area contributed by atoms with E-state index in [1.165, 1.54) is 24.3 Å². The summed E-state index contributed by atoms with van der Waals surface area (Å²) < 4.78 is 9.90. The lowest BCUT2D eigenvalue weighted by Gasteiger charge is -1.99. The Morgan fingerprint density at radius 3 is 2.73 bits per heavy atom. The molecule has 7 nitrogen and oxygen atoms in total. The number of nitro benzene ring substituents is 1. The highest BCUT2D eigenvalue weighted by atomic mass is 16.6. The first kappa shape index (κ1) is 15.0. The predicted molar refractivity (Wildman–Crippen MR) is 76.4 cm³/mol. The second-order valence-electron chi connectivity index (χ2n) is 4.14. The fraction of sp³-hybridized carbons (Fsp3) is 0.0667. The van der Waals surface area contributed by atoms with Crippen molar-refractivity contribution >= 4 is 17.7 Å². The molecule has 1 aromatic carbocycles. The minimum Gasteiger partial charge on any atom is -0.465 e. The maximum atomic E-state index is 11.3. The quantitative estimate of drug-likeness (QED) is 0.282. The number of nitriles is 1. The summed E-state index contributed by atoms with van der Waals surface area (Å²) in [7, 11) is 1.16. The van der Waals surface area contributed by atoms with Gasteiger partial charge >= 0.3 is 5.97 Å². The number of rotatable bonds is 4. The van der Waals surface area contributed by atoms with Gasteiger partial charge in [0.2, 0.25) is 0 Å². The maximum Gasteiger partial charge on any atom is 0.348 e. The summed E-state index contributed by atoms with van der Waals surface area (Å²) in [5.41, 5.74) is -0.0180. The molecule has 0 atom stereocenters. The van der Waals surface area contributed by atoms with E-state index in [2.05, 4.69) is 4.74 Å². The number of carbonyl (C=O) groups is 1. The van der Waals surface area contributed by atoms with E-state index in [1.54, 1.807) is 24.3 Å². The molecule has 2 aromatic rings. The van der Waals surface area contributed by atoms with Gasteiger partial charge in [0.15, 0.2) is 0 Å². The molecule has 0 fully saturated rings. The average molecular weight is 298 g/mol. The SMILES string of the molecule is COC(=O)/C(C#N)=C/c1ccc(-c2ccccc2[N+](=O)[O-])o1. The first-order valence-corrected chi connectivity index (χ1v) is 6.10. The van der Waals surface area contributed by atoms with Crippen molar-refractivity contribution in [1.29, 1.82) is 5.26 Å². The Morgan fingerprint density at radius 1 is 1.36 bits per heavy atom. The minimum atomic E-state index is -0.786. The zero-order valence-corrected chi connectivity index (χ0v) is 11.5. The van der Waals surface area contributed by atoms with Crippen molar-refractivity contribution in [2.24, 2.45) is 0 Å². The van der Waals surface area contributed by atoms with Crippen LogP contribution in [0.1, 0.15) is 5.76 Å². The molecular weight excluding hydrogens is 288 g/mol. The van der Waals surface area contributed by atoms with Crippen LogP contribution in [-0.4, -0.2) is 18.0 Å². The number of furan rings is 1. The first-order chi connectivity index (χ1) is 10.6. The molecule has 0 amide bonds. The number of benzene rings is 1. The molecule has 0 saturated carbocycles. The van der Waals surface area contributed by atoms with E-state index < -0.39 is 10.9 Å². The third-order valence-corrected chi connectivity index (χ3v) is 2.81. The van der Waals surface area contributed by atoms with Crippen LogP contribution >= 0.6 is 0 Å². The molecule has 0 aliphatic rings. The molecule has 0 spiro atoms. The Labute approximate surface area is 125 Å². The third-order valence-electron chi connectivity index (χ3n) is 2.81. The lowest BCUT2D eigenvalue weighted by atomic mass is 10.1. The van der Waals surface area contributed by atoms with Gasteiger partial charge in [-0.05, 0) is 18.2 Å². The van der Waals surface area contributed by atoms with E-state index in [0.29, 0.717) is 5.56 Å². The Balaban J connectivity index is 2.42. The maximum absolute atomic E-state index is 11.3. The van der Waals surface area contributed by atoms with E-state index in [0.717, 1.165) is 7.11 Å². The number of para-hydroxylation sites is 1. The number of nitro groups is 1. The molecule has 2 rings (SSSR count). The zero-order chi connectivity index (χ0) is 16.1. The van der Waals surface area contributed by atoms with Crippen LogP contribution < -0.4 is 0 Å². The van der Waals surface area contributed by atoms with Crippen LogP contribution in [0, 0.1) is 21.4 Å². The second-order valence-corrected chi connectivity index (χ2v) is 4.14. The lowest BCUT2D eigenvalue weighted by molar-refractivity contribution is -0.384. The van der Waals surface area contributed by atoms with Gasteiger partial charge in [-0.1, -0.05) is 12.1 Å². The lowest BCUT2D eigenvalue weighted by Crippen LogP contribution is -2.02. The molecule has 110 valence electrons. The fourth-order valence-corrected chi connectivity index (χ4v) is 1.81. The summed E-state index contributed by atoms with van der Waals surface area (Å²) >= 11 is 0. The zero-order valence-electron chi connectivity index (χ0n) is 11.5. The van der Waals surface area contributed by atoms with Gasteiger partial charge in [-0.15, -0.1) is 0 Å². The number of carbonyl (C=O) groups excluding carboxylic acids is 1. The summed E-state index contributed by atoms with van der Waals surface area (Å²) in [5.74, 6) is -0.304. The molecule has 0 saturated heterocycles. The average Bonchev–Trinajstić information content (AvgIpc) is 3.00. The number of hydrogen-bond acceptors (Lipinski definition) is 6. The number of nitrogens with zero attached hydrogens (tertiary/aromatic N) is 2. The van der Waals surface area contributed by atoms with E-state index in [-0.39, 0.29) is 22.8 Å². The minimum absolute atomic E-state index is 0.0964. The smallest absolute Gasteiger partial charge is 0.348 e. The topological polar surface area (TPSA) is 106 Å². The van der Waals surface area contributed by atoms with Crippen molar-refractivity contribution in [1.82, 2.24) is 0 Å². The van der Waals surface area contributed by atoms with Crippen LogP contribution in [0.5, 0.6) is 0 Å². The van der Waals surface area contributed by atoms with Crippen LogP contribution in [0.2, 0.25) is 0 Å². The van der Waals surface area contributed by atoms with Gasteiger partial charge in [-0.3, -0.25) is 10.1 Å². The van der Waals surface area contributed by atoms with Crippen molar-refractivity contribution in [3.05, 3.63) is 57.8 Å². The summed E-state index contributed by atoms with van der Waals surface area (Å²) in [6.45, 7) is 0. The molecule has 7 heteroatoms. The summed E-state index contributed by atoms with van der Waals surface area (Å²) in [6, 6.07) is 10.8.